The molecule has 0 aromatic heterocycles. The van der Waals surface area contributed by atoms with Gasteiger partial charge in [0.15, 0.2) is 0 Å². The highest BCUT2D eigenvalue weighted by Gasteiger charge is 2.25. The fourth-order valence-electron chi connectivity index (χ4n) is 2.63. The second-order valence-electron chi connectivity index (χ2n) is 5.83. The van der Waals surface area contributed by atoms with Gasteiger partial charge < -0.3 is 10.2 Å². The van der Waals surface area contributed by atoms with Crippen molar-refractivity contribution in [3.8, 4) is 0 Å². The van der Waals surface area contributed by atoms with Gasteiger partial charge in [-0.05, 0) is 57.9 Å². The third-order valence-corrected chi connectivity index (χ3v) is 4.13. The van der Waals surface area contributed by atoms with Crippen LogP contribution >= 0.6 is 11.6 Å². The van der Waals surface area contributed by atoms with Gasteiger partial charge in [0, 0.05) is 18.6 Å². The minimum absolute atomic E-state index is 0.0266. The van der Waals surface area contributed by atoms with Crippen LogP contribution in [0.2, 0.25) is 5.02 Å². The van der Waals surface area contributed by atoms with Crippen LogP contribution in [0.1, 0.15) is 42.6 Å². The largest absolute Gasteiger partial charge is 0.335 e. The average molecular weight is 295 g/mol. The Morgan fingerprint density at radius 2 is 2.25 bits per heavy atom. The van der Waals surface area contributed by atoms with Gasteiger partial charge >= 0.3 is 0 Å². The number of nitrogens with one attached hydrogen (secondary N) is 1. The molecule has 1 heterocycles. The van der Waals surface area contributed by atoms with E-state index in [0.717, 1.165) is 25.1 Å². The maximum Gasteiger partial charge on any atom is 0.255 e. The number of hydrogen-bond donors (Lipinski definition) is 1. The van der Waals surface area contributed by atoms with Crippen LogP contribution in [-0.2, 0) is 0 Å². The summed E-state index contributed by atoms with van der Waals surface area (Å²) in [6.07, 6.45) is 2.33. The molecule has 1 N–H and O–H groups in total. The topological polar surface area (TPSA) is 32.3 Å². The van der Waals surface area contributed by atoms with E-state index >= 15 is 0 Å². The minimum atomic E-state index is 0.0266. The zero-order valence-corrected chi connectivity index (χ0v) is 13.2. The number of rotatable bonds is 4. The molecular formula is C16H23ClN2O. The molecule has 20 heavy (non-hydrogen) atoms. The van der Waals surface area contributed by atoms with E-state index in [-0.39, 0.29) is 11.9 Å². The second-order valence-corrected chi connectivity index (χ2v) is 6.24. The summed E-state index contributed by atoms with van der Waals surface area (Å²) >= 11 is 6.23. The summed E-state index contributed by atoms with van der Waals surface area (Å²) in [6.45, 7) is 7.88. The molecule has 0 radical (unpaired) electrons. The molecule has 1 aliphatic heterocycles. The number of nitrogens with zero attached hydrogens (tertiary/aromatic N) is 1. The van der Waals surface area contributed by atoms with Crippen molar-refractivity contribution in [2.75, 3.05) is 13.1 Å². The number of hydrogen-bond acceptors (Lipinski definition) is 2. The number of benzene rings is 1. The Hall–Kier alpha value is -1.06. The summed E-state index contributed by atoms with van der Waals surface area (Å²) in [4.78, 5) is 14.6. The Balaban J connectivity index is 2.17. The first kappa shape index (κ1) is 15.3. The number of aryl methyl sites for hydroxylation is 1. The van der Waals surface area contributed by atoms with Crippen LogP contribution in [0.4, 0.5) is 0 Å². The SMILES string of the molecule is Cc1ccc(C(=O)N(CC2CCCN2)C(C)C)c(Cl)c1. The first-order valence-corrected chi connectivity index (χ1v) is 7.67. The van der Waals surface area contributed by atoms with E-state index in [2.05, 4.69) is 19.2 Å². The van der Waals surface area contributed by atoms with Gasteiger partial charge in [-0.25, -0.2) is 0 Å². The molecule has 0 saturated carbocycles. The zero-order valence-electron chi connectivity index (χ0n) is 12.4. The third kappa shape index (κ3) is 3.53. The summed E-state index contributed by atoms with van der Waals surface area (Å²) < 4.78 is 0. The highest BCUT2D eigenvalue weighted by molar-refractivity contribution is 6.33. The molecule has 0 aliphatic carbocycles. The van der Waals surface area contributed by atoms with E-state index in [0.29, 0.717) is 16.6 Å². The van der Waals surface area contributed by atoms with E-state index in [1.807, 2.05) is 30.0 Å². The number of amides is 1. The summed E-state index contributed by atoms with van der Waals surface area (Å²) in [6, 6.07) is 6.19. The van der Waals surface area contributed by atoms with Gasteiger partial charge in [0.2, 0.25) is 0 Å². The smallest absolute Gasteiger partial charge is 0.255 e. The van der Waals surface area contributed by atoms with E-state index < -0.39 is 0 Å². The Morgan fingerprint density at radius 3 is 2.80 bits per heavy atom. The monoisotopic (exact) mass is 294 g/mol. The van der Waals surface area contributed by atoms with Crippen LogP contribution in [0.25, 0.3) is 0 Å². The van der Waals surface area contributed by atoms with Crippen molar-refractivity contribution in [2.24, 2.45) is 0 Å². The maximum atomic E-state index is 12.7. The van der Waals surface area contributed by atoms with Crippen LogP contribution in [0.15, 0.2) is 18.2 Å². The Bertz CT molecular complexity index is 481. The summed E-state index contributed by atoms with van der Waals surface area (Å²) in [7, 11) is 0. The molecule has 1 aliphatic rings. The van der Waals surface area contributed by atoms with Gasteiger partial charge in [0.05, 0.1) is 10.6 Å². The lowest BCUT2D eigenvalue weighted by Crippen LogP contribution is -2.44. The number of carbonyl (C=O) groups excluding carboxylic acids is 1. The molecule has 0 spiro atoms. The molecular weight excluding hydrogens is 272 g/mol. The van der Waals surface area contributed by atoms with Crippen LogP contribution in [0, 0.1) is 6.92 Å². The van der Waals surface area contributed by atoms with Gasteiger partial charge in [-0.15, -0.1) is 0 Å². The Labute approximate surface area is 126 Å². The first-order chi connectivity index (χ1) is 9.49. The molecule has 2 rings (SSSR count). The molecule has 1 saturated heterocycles. The molecule has 1 atom stereocenters. The highest BCUT2D eigenvalue weighted by Crippen LogP contribution is 2.21. The van der Waals surface area contributed by atoms with Crippen molar-refractivity contribution in [1.29, 1.82) is 0 Å². The molecule has 1 aromatic carbocycles. The lowest BCUT2D eigenvalue weighted by Gasteiger charge is -2.30. The zero-order chi connectivity index (χ0) is 14.7. The highest BCUT2D eigenvalue weighted by atomic mass is 35.5. The molecule has 0 bridgehead atoms. The van der Waals surface area contributed by atoms with E-state index in [1.54, 1.807) is 0 Å². The molecule has 4 heteroatoms. The standard InChI is InChI=1S/C16H23ClN2O/c1-11(2)19(10-13-5-4-8-18-13)16(20)14-7-6-12(3)9-15(14)17/h6-7,9,11,13,18H,4-5,8,10H2,1-3H3. The van der Waals surface area contributed by atoms with Gasteiger partial charge in [-0.1, -0.05) is 17.7 Å². The van der Waals surface area contributed by atoms with Crippen molar-refractivity contribution in [3.05, 3.63) is 34.3 Å². The van der Waals surface area contributed by atoms with Crippen molar-refractivity contribution >= 4 is 17.5 Å². The number of carbonyl (C=O) groups is 1. The van der Waals surface area contributed by atoms with E-state index in [4.69, 9.17) is 11.6 Å². The van der Waals surface area contributed by atoms with Crippen molar-refractivity contribution in [1.82, 2.24) is 10.2 Å². The molecule has 110 valence electrons. The fourth-order valence-corrected chi connectivity index (χ4v) is 2.94. The molecule has 1 unspecified atom stereocenters. The predicted octanol–water partition coefficient (Wildman–Crippen LogP) is 3.25. The number of halogens is 1. The summed E-state index contributed by atoms with van der Waals surface area (Å²) in [5.41, 5.74) is 1.67. The van der Waals surface area contributed by atoms with E-state index in [1.165, 1.54) is 6.42 Å². The Morgan fingerprint density at radius 1 is 1.50 bits per heavy atom. The quantitative estimate of drug-likeness (QED) is 0.924. The minimum Gasteiger partial charge on any atom is -0.335 e. The van der Waals surface area contributed by atoms with Gasteiger partial charge in [0.1, 0.15) is 0 Å². The Kier molecular flexibility index (Phi) is 5.06. The normalized spacial score (nSPS) is 18.6. The first-order valence-electron chi connectivity index (χ1n) is 7.29. The lowest BCUT2D eigenvalue weighted by atomic mass is 10.1. The van der Waals surface area contributed by atoms with Crippen LogP contribution in [-0.4, -0.2) is 36.0 Å². The van der Waals surface area contributed by atoms with Crippen LogP contribution in [0.3, 0.4) is 0 Å². The van der Waals surface area contributed by atoms with Crippen LogP contribution in [0.5, 0.6) is 0 Å². The molecule has 3 nitrogen and oxygen atoms in total. The van der Waals surface area contributed by atoms with Gasteiger partial charge in [-0.3, -0.25) is 4.79 Å². The molecule has 1 aromatic rings. The average Bonchev–Trinajstić information content (AvgIpc) is 2.87. The van der Waals surface area contributed by atoms with E-state index in [9.17, 15) is 4.79 Å². The molecule has 1 fully saturated rings. The van der Waals surface area contributed by atoms with Crippen LogP contribution < -0.4 is 5.32 Å². The second kappa shape index (κ2) is 6.59. The fraction of sp³-hybridized carbons (Fsp3) is 0.562. The molecule has 1 amide bonds. The maximum absolute atomic E-state index is 12.7. The van der Waals surface area contributed by atoms with Crippen molar-refractivity contribution < 1.29 is 4.79 Å². The lowest BCUT2D eigenvalue weighted by molar-refractivity contribution is 0.0689. The summed E-state index contributed by atoms with van der Waals surface area (Å²) in [5, 5.41) is 3.99. The summed E-state index contributed by atoms with van der Waals surface area (Å²) in [5.74, 6) is 0.0266. The van der Waals surface area contributed by atoms with Crippen molar-refractivity contribution in [2.45, 2.75) is 45.7 Å². The third-order valence-electron chi connectivity index (χ3n) is 3.82. The van der Waals surface area contributed by atoms with Gasteiger partial charge in [-0.2, -0.15) is 0 Å². The van der Waals surface area contributed by atoms with Gasteiger partial charge in [0.25, 0.3) is 5.91 Å². The predicted molar refractivity (Wildman–Crippen MR) is 83.4 cm³/mol. The van der Waals surface area contributed by atoms with Crippen molar-refractivity contribution in [3.63, 3.8) is 0 Å².